The number of halogens is 1. The van der Waals surface area contributed by atoms with E-state index in [4.69, 9.17) is 0 Å². The van der Waals surface area contributed by atoms with Crippen LogP contribution < -0.4 is 4.72 Å². The van der Waals surface area contributed by atoms with E-state index in [9.17, 15) is 12.8 Å². The maximum Gasteiger partial charge on any atom is 0.261 e. The van der Waals surface area contributed by atoms with E-state index in [0.717, 1.165) is 32.9 Å². The second-order valence-electron chi connectivity index (χ2n) is 6.03. The maximum absolute atomic E-state index is 13.0. The van der Waals surface area contributed by atoms with Crippen molar-refractivity contribution >= 4 is 49.4 Å². The molecule has 0 unspecified atom stereocenters. The van der Waals surface area contributed by atoms with Gasteiger partial charge in [0.2, 0.25) is 0 Å². The van der Waals surface area contributed by atoms with Gasteiger partial charge in [-0.1, -0.05) is 30.3 Å². The van der Waals surface area contributed by atoms with Crippen LogP contribution in [0.25, 0.3) is 22.4 Å². The summed E-state index contributed by atoms with van der Waals surface area (Å²) in [6.45, 7) is 0. The number of rotatable bonds is 5. The SMILES string of the molecule is O=S(=O)(Nc1ccc(/C=C/c2nc3ccccc3s2)cc1)c1ccc(F)cc1. The molecule has 28 heavy (non-hydrogen) atoms. The van der Waals surface area contributed by atoms with Crippen molar-refractivity contribution < 1.29 is 12.8 Å². The van der Waals surface area contributed by atoms with Crippen LogP contribution in [0.5, 0.6) is 0 Å². The van der Waals surface area contributed by atoms with Crippen molar-refractivity contribution in [3.05, 3.63) is 89.2 Å². The summed E-state index contributed by atoms with van der Waals surface area (Å²) < 4.78 is 41.3. The molecule has 4 rings (SSSR count). The third-order valence-corrected chi connectivity index (χ3v) is 6.41. The fourth-order valence-electron chi connectivity index (χ4n) is 2.62. The van der Waals surface area contributed by atoms with Gasteiger partial charge in [-0.25, -0.2) is 17.8 Å². The number of aromatic nitrogens is 1. The van der Waals surface area contributed by atoms with E-state index in [2.05, 4.69) is 9.71 Å². The Morgan fingerprint density at radius 2 is 1.61 bits per heavy atom. The zero-order valence-corrected chi connectivity index (χ0v) is 16.2. The van der Waals surface area contributed by atoms with Gasteiger partial charge in [0.25, 0.3) is 10.0 Å². The second kappa shape index (κ2) is 7.53. The number of para-hydroxylation sites is 1. The largest absolute Gasteiger partial charge is 0.280 e. The van der Waals surface area contributed by atoms with Crippen molar-refractivity contribution in [3.8, 4) is 0 Å². The molecule has 0 aliphatic heterocycles. The summed E-state index contributed by atoms with van der Waals surface area (Å²) in [7, 11) is -3.76. The predicted octanol–water partition coefficient (Wildman–Crippen LogP) is 5.41. The lowest BCUT2D eigenvalue weighted by atomic mass is 10.2. The lowest BCUT2D eigenvalue weighted by molar-refractivity contribution is 0.599. The van der Waals surface area contributed by atoms with E-state index < -0.39 is 15.8 Å². The highest BCUT2D eigenvalue weighted by molar-refractivity contribution is 7.92. The van der Waals surface area contributed by atoms with Crippen LogP contribution in [0.2, 0.25) is 0 Å². The zero-order chi connectivity index (χ0) is 19.6. The molecule has 1 N–H and O–H groups in total. The van der Waals surface area contributed by atoms with Crippen LogP contribution in [-0.4, -0.2) is 13.4 Å². The molecule has 0 saturated heterocycles. The van der Waals surface area contributed by atoms with Crippen LogP contribution in [0.4, 0.5) is 10.1 Å². The molecule has 0 saturated carbocycles. The van der Waals surface area contributed by atoms with Crippen LogP contribution in [-0.2, 0) is 10.0 Å². The molecule has 0 fully saturated rings. The summed E-state index contributed by atoms with van der Waals surface area (Å²) >= 11 is 1.61. The van der Waals surface area contributed by atoms with Gasteiger partial charge in [-0.3, -0.25) is 4.72 Å². The number of fused-ring (bicyclic) bond motifs is 1. The third kappa shape index (κ3) is 4.11. The zero-order valence-electron chi connectivity index (χ0n) is 14.5. The Hall–Kier alpha value is -3.03. The van der Waals surface area contributed by atoms with Gasteiger partial charge >= 0.3 is 0 Å². The van der Waals surface area contributed by atoms with E-state index in [1.807, 2.05) is 48.6 Å². The number of thiazole rings is 1. The first kappa shape index (κ1) is 18.3. The maximum atomic E-state index is 13.0. The van der Waals surface area contributed by atoms with Gasteiger partial charge in [0, 0.05) is 5.69 Å². The molecule has 4 aromatic rings. The van der Waals surface area contributed by atoms with E-state index in [-0.39, 0.29) is 4.90 Å². The summed E-state index contributed by atoms with van der Waals surface area (Å²) in [6, 6.07) is 19.6. The van der Waals surface area contributed by atoms with Gasteiger partial charge < -0.3 is 0 Å². The molecule has 140 valence electrons. The smallest absolute Gasteiger partial charge is 0.261 e. The first-order valence-electron chi connectivity index (χ1n) is 8.42. The van der Waals surface area contributed by atoms with Gasteiger partial charge in [-0.05, 0) is 60.2 Å². The molecular weight excluding hydrogens is 395 g/mol. The number of anilines is 1. The number of sulfonamides is 1. The molecule has 0 atom stereocenters. The Morgan fingerprint density at radius 1 is 0.893 bits per heavy atom. The number of hydrogen-bond donors (Lipinski definition) is 1. The molecule has 0 bridgehead atoms. The number of hydrogen-bond acceptors (Lipinski definition) is 4. The quantitative estimate of drug-likeness (QED) is 0.479. The average molecular weight is 410 g/mol. The summed E-state index contributed by atoms with van der Waals surface area (Å²) in [6.07, 6.45) is 3.86. The highest BCUT2D eigenvalue weighted by Gasteiger charge is 2.13. The highest BCUT2D eigenvalue weighted by Crippen LogP contribution is 2.23. The van der Waals surface area contributed by atoms with Crippen LogP contribution in [0.1, 0.15) is 10.6 Å². The Kier molecular flexibility index (Phi) is 4.93. The monoisotopic (exact) mass is 410 g/mol. The highest BCUT2D eigenvalue weighted by atomic mass is 32.2. The molecule has 1 heterocycles. The van der Waals surface area contributed by atoms with Gasteiger partial charge in [0.1, 0.15) is 10.8 Å². The van der Waals surface area contributed by atoms with Gasteiger partial charge in [-0.15, -0.1) is 11.3 Å². The van der Waals surface area contributed by atoms with E-state index >= 15 is 0 Å². The topological polar surface area (TPSA) is 59.1 Å². The Morgan fingerprint density at radius 3 is 2.32 bits per heavy atom. The molecular formula is C21H15FN2O2S2. The Balaban J connectivity index is 1.48. The average Bonchev–Trinajstić information content (AvgIpc) is 3.10. The van der Waals surface area contributed by atoms with Crippen molar-refractivity contribution in [1.29, 1.82) is 0 Å². The lowest BCUT2D eigenvalue weighted by Crippen LogP contribution is -2.12. The number of nitrogens with one attached hydrogen (secondary N) is 1. The van der Waals surface area contributed by atoms with Gasteiger partial charge in [0.05, 0.1) is 15.1 Å². The minimum absolute atomic E-state index is 0.00806. The van der Waals surface area contributed by atoms with Crippen LogP contribution in [0, 0.1) is 5.82 Å². The first-order valence-corrected chi connectivity index (χ1v) is 10.7. The van der Waals surface area contributed by atoms with Gasteiger partial charge in [0.15, 0.2) is 0 Å². The third-order valence-electron chi connectivity index (χ3n) is 4.02. The molecule has 3 aromatic carbocycles. The molecule has 0 radical (unpaired) electrons. The fourth-order valence-corrected chi connectivity index (χ4v) is 4.55. The minimum atomic E-state index is -3.76. The Bertz CT molecular complexity index is 1210. The van der Waals surface area contributed by atoms with Crippen molar-refractivity contribution in [2.45, 2.75) is 4.90 Å². The summed E-state index contributed by atoms with van der Waals surface area (Å²) in [5.41, 5.74) is 2.32. The van der Waals surface area contributed by atoms with Crippen molar-refractivity contribution in [2.24, 2.45) is 0 Å². The predicted molar refractivity (Wildman–Crippen MR) is 112 cm³/mol. The van der Waals surface area contributed by atoms with Crippen molar-refractivity contribution in [2.75, 3.05) is 4.72 Å². The van der Waals surface area contributed by atoms with Crippen molar-refractivity contribution in [1.82, 2.24) is 4.98 Å². The molecule has 0 aliphatic carbocycles. The van der Waals surface area contributed by atoms with E-state index in [1.54, 1.807) is 23.5 Å². The van der Waals surface area contributed by atoms with E-state index in [0.29, 0.717) is 5.69 Å². The summed E-state index contributed by atoms with van der Waals surface area (Å²) in [5.74, 6) is -0.483. The molecule has 0 amide bonds. The number of benzene rings is 3. The standard InChI is InChI=1S/C21H15FN2O2S2/c22-16-8-12-18(13-9-16)28(25,26)24-17-10-5-15(6-11-17)7-14-21-23-19-3-1-2-4-20(19)27-21/h1-14,24H/b14-7+. The van der Waals surface area contributed by atoms with Gasteiger partial charge in [-0.2, -0.15) is 0 Å². The normalized spacial score (nSPS) is 11.9. The first-order chi connectivity index (χ1) is 13.5. The number of nitrogens with zero attached hydrogens (tertiary/aromatic N) is 1. The van der Waals surface area contributed by atoms with Crippen LogP contribution >= 0.6 is 11.3 Å². The summed E-state index contributed by atoms with van der Waals surface area (Å²) in [5, 5.41) is 0.905. The van der Waals surface area contributed by atoms with E-state index in [1.165, 1.54) is 12.1 Å². The molecule has 0 aliphatic rings. The van der Waals surface area contributed by atoms with Crippen molar-refractivity contribution in [3.63, 3.8) is 0 Å². The fraction of sp³-hybridized carbons (Fsp3) is 0. The van der Waals surface area contributed by atoms with Crippen LogP contribution in [0.15, 0.2) is 77.7 Å². The Labute approximate surface area is 166 Å². The minimum Gasteiger partial charge on any atom is -0.280 e. The second-order valence-corrected chi connectivity index (χ2v) is 8.78. The molecule has 7 heteroatoms. The summed E-state index contributed by atoms with van der Waals surface area (Å²) in [4.78, 5) is 4.55. The molecule has 0 spiro atoms. The lowest BCUT2D eigenvalue weighted by Gasteiger charge is -2.08. The molecule has 1 aromatic heterocycles. The van der Waals surface area contributed by atoms with Crippen LogP contribution in [0.3, 0.4) is 0 Å². The molecule has 4 nitrogen and oxygen atoms in total.